The van der Waals surface area contributed by atoms with Gasteiger partial charge in [0.2, 0.25) is 0 Å². The molecule has 0 saturated carbocycles. The number of hydrogen-bond donors (Lipinski definition) is 0. The Morgan fingerprint density at radius 2 is 0.803 bits per heavy atom. The van der Waals surface area contributed by atoms with Crippen LogP contribution in [0.2, 0.25) is 0 Å². The molecule has 18 heteroatoms. The number of ether oxygens (including phenoxy) is 11. The molecular formula is C48H72O18. The molecule has 0 amide bonds. The van der Waals surface area contributed by atoms with Crippen molar-refractivity contribution in [1.82, 2.24) is 0 Å². The maximum absolute atomic E-state index is 13.7. The Morgan fingerprint density at radius 1 is 0.455 bits per heavy atom. The van der Waals surface area contributed by atoms with Crippen molar-refractivity contribution in [3.63, 3.8) is 0 Å². The van der Waals surface area contributed by atoms with E-state index in [1.165, 1.54) is 0 Å². The van der Waals surface area contributed by atoms with Crippen molar-refractivity contribution in [2.24, 2.45) is 41.4 Å². The summed E-state index contributed by atoms with van der Waals surface area (Å²) >= 11 is 0. The number of rotatable bonds is 21. The third kappa shape index (κ3) is 16.0. The molecule has 2 fully saturated rings. The molecular weight excluding hydrogens is 865 g/mol. The smallest absolute Gasteiger partial charge is 0.308 e. The first-order valence-corrected chi connectivity index (χ1v) is 22.8. The Hall–Kier alpha value is -4.65. The number of esters is 7. The average Bonchev–Trinajstić information content (AvgIpc) is 3.23. The fraction of sp³-hybridized carbons (Fsp3) is 0.729. The number of aryl methyl sites for hydroxylation is 1. The van der Waals surface area contributed by atoms with Crippen molar-refractivity contribution >= 4 is 41.8 Å². The third-order valence-electron chi connectivity index (χ3n) is 10.3. The van der Waals surface area contributed by atoms with Gasteiger partial charge in [-0.15, -0.1) is 0 Å². The SMILES string of the molecule is Cc1cccc(COC2OC(COC(=O)C(C)C)[C@@H](O[C@@H]3OC(COC(=O)C(C)C)[C@H](OC(=O)C(C)C)[C@H](OC(=O)C(C)C)C3OC(=O)C(C)C)[C@H](OC(=O)C(C)C)C2OC(=O)C(C)C)c1. The highest BCUT2D eigenvalue weighted by molar-refractivity contribution is 5.75. The van der Waals surface area contributed by atoms with E-state index in [1.54, 1.807) is 96.9 Å². The lowest BCUT2D eigenvalue weighted by molar-refractivity contribution is -0.363. The van der Waals surface area contributed by atoms with E-state index >= 15 is 0 Å². The predicted molar refractivity (Wildman–Crippen MR) is 233 cm³/mol. The summed E-state index contributed by atoms with van der Waals surface area (Å²) in [6.45, 7) is 22.9. The van der Waals surface area contributed by atoms with Crippen molar-refractivity contribution in [3.8, 4) is 0 Å². The molecule has 18 nitrogen and oxygen atoms in total. The molecule has 2 heterocycles. The van der Waals surface area contributed by atoms with Gasteiger partial charge in [-0.25, -0.2) is 0 Å². The van der Waals surface area contributed by atoms with Gasteiger partial charge in [-0.1, -0.05) is 127 Å². The molecule has 10 atom stereocenters. The lowest BCUT2D eigenvalue weighted by Gasteiger charge is -2.49. The number of carbonyl (C=O) groups excluding carboxylic acids is 7. The van der Waals surface area contributed by atoms with E-state index in [0.29, 0.717) is 0 Å². The zero-order valence-corrected chi connectivity index (χ0v) is 41.1. The van der Waals surface area contributed by atoms with E-state index in [4.69, 9.17) is 52.1 Å². The van der Waals surface area contributed by atoms with E-state index in [9.17, 15) is 33.6 Å². The fourth-order valence-electron chi connectivity index (χ4n) is 6.24. The van der Waals surface area contributed by atoms with E-state index in [1.807, 2.05) is 31.2 Å². The molecule has 0 aromatic heterocycles. The number of carbonyl (C=O) groups is 7. The number of benzene rings is 1. The van der Waals surface area contributed by atoms with Crippen molar-refractivity contribution in [2.75, 3.05) is 13.2 Å². The lowest BCUT2D eigenvalue weighted by atomic mass is 9.95. The van der Waals surface area contributed by atoms with Crippen molar-refractivity contribution in [1.29, 1.82) is 0 Å². The fourth-order valence-corrected chi connectivity index (χ4v) is 6.24. The van der Waals surface area contributed by atoms with Gasteiger partial charge in [0.1, 0.15) is 31.5 Å². The summed E-state index contributed by atoms with van der Waals surface area (Å²) in [6.07, 6.45) is -15.9. The summed E-state index contributed by atoms with van der Waals surface area (Å²) in [6, 6.07) is 7.43. The van der Waals surface area contributed by atoms with Crippen LogP contribution >= 0.6 is 0 Å². The predicted octanol–water partition coefficient (Wildman–Crippen LogP) is 5.58. The molecule has 2 aliphatic heterocycles. The largest absolute Gasteiger partial charge is 0.463 e. The van der Waals surface area contributed by atoms with Gasteiger partial charge in [0.25, 0.3) is 0 Å². The topological polar surface area (TPSA) is 221 Å². The summed E-state index contributed by atoms with van der Waals surface area (Å²) in [4.78, 5) is 93.8. The zero-order chi connectivity index (χ0) is 49.7. The third-order valence-corrected chi connectivity index (χ3v) is 10.3. The molecule has 0 aliphatic carbocycles. The number of hydrogen-bond acceptors (Lipinski definition) is 18. The molecule has 372 valence electrons. The molecule has 0 radical (unpaired) electrons. The highest BCUT2D eigenvalue weighted by Crippen LogP contribution is 2.37. The Labute approximate surface area is 388 Å². The van der Waals surface area contributed by atoms with E-state index < -0.39 is 158 Å². The van der Waals surface area contributed by atoms with Crippen LogP contribution < -0.4 is 0 Å². The second kappa shape index (κ2) is 25.5. The molecule has 1 aromatic rings. The van der Waals surface area contributed by atoms with Gasteiger partial charge >= 0.3 is 41.8 Å². The second-order valence-electron chi connectivity index (χ2n) is 18.8. The maximum Gasteiger partial charge on any atom is 0.308 e. The van der Waals surface area contributed by atoms with Gasteiger partial charge in [0, 0.05) is 0 Å². The molecule has 0 spiro atoms. The molecule has 5 unspecified atom stereocenters. The van der Waals surface area contributed by atoms with Crippen molar-refractivity contribution in [3.05, 3.63) is 35.4 Å². The molecule has 66 heavy (non-hydrogen) atoms. The van der Waals surface area contributed by atoms with Crippen molar-refractivity contribution < 1.29 is 85.7 Å². The average molecular weight is 937 g/mol. The van der Waals surface area contributed by atoms with Crippen LogP contribution in [0, 0.1) is 48.3 Å². The van der Waals surface area contributed by atoms with Gasteiger partial charge in [-0.2, -0.15) is 0 Å². The molecule has 0 bridgehead atoms. The first-order valence-electron chi connectivity index (χ1n) is 22.8. The van der Waals surface area contributed by atoms with E-state index in [0.717, 1.165) is 11.1 Å². The summed E-state index contributed by atoms with van der Waals surface area (Å²) in [5.74, 6) is -9.90. The monoisotopic (exact) mass is 936 g/mol. The van der Waals surface area contributed by atoms with Gasteiger partial charge in [-0.3, -0.25) is 33.6 Å². The Kier molecular flexibility index (Phi) is 21.5. The minimum atomic E-state index is -1.84. The summed E-state index contributed by atoms with van der Waals surface area (Å²) < 4.78 is 67.6. The maximum atomic E-state index is 13.7. The highest BCUT2D eigenvalue weighted by Gasteiger charge is 2.58. The van der Waals surface area contributed by atoms with Gasteiger partial charge in [-0.05, 0) is 12.5 Å². The van der Waals surface area contributed by atoms with Crippen molar-refractivity contribution in [2.45, 2.75) is 172 Å². The molecule has 1 aromatic carbocycles. The van der Waals surface area contributed by atoms with Gasteiger partial charge in [0.15, 0.2) is 43.1 Å². The summed E-state index contributed by atoms with van der Waals surface area (Å²) in [5.41, 5.74) is 1.67. The lowest BCUT2D eigenvalue weighted by Crippen LogP contribution is -2.67. The summed E-state index contributed by atoms with van der Waals surface area (Å²) in [5, 5.41) is 0. The van der Waals surface area contributed by atoms with Crippen LogP contribution in [0.1, 0.15) is 108 Å². The first kappa shape index (κ1) is 55.7. The Morgan fingerprint density at radius 3 is 1.21 bits per heavy atom. The molecule has 3 rings (SSSR count). The highest BCUT2D eigenvalue weighted by atomic mass is 16.8. The van der Waals surface area contributed by atoms with E-state index in [2.05, 4.69) is 0 Å². The molecule has 2 aliphatic rings. The minimum absolute atomic E-state index is 0.0634. The Bertz CT molecular complexity index is 1800. The summed E-state index contributed by atoms with van der Waals surface area (Å²) in [7, 11) is 0. The quantitative estimate of drug-likeness (QED) is 0.108. The normalized spacial score (nSPS) is 25.5. The van der Waals surface area contributed by atoms with E-state index in [-0.39, 0.29) is 6.61 Å². The minimum Gasteiger partial charge on any atom is -0.463 e. The van der Waals surface area contributed by atoms with Gasteiger partial charge in [0.05, 0.1) is 48.0 Å². The van der Waals surface area contributed by atoms with Crippen LogP contribution in [-0.2, 0) is 92.3 Å². The van der Waals surface area contributed by atoms with Crippen LogP contribution in [0.25, 0.3) is 0 Å². The van der Waals surface area contributed by atoms with Crippen LogP contribution in [0.4, 0.5) is 0 Å². The van der Waals surface area contributed by atoms with Crippen LogP contribution in [0.15, 0.2) is 24.3 Å². The molecule has 2 saturated heterocycles. The van der Waals surface area contributed by atoms with Crippen LogP contribution in [0.3, 0.4) is 0 Å². The zero-order valence-electron chi connectivity index (χ0n) is 41.1. The van der Waals surface area contributed by atoms with Crippen LogP contribution in [0.5, 0.6) is 0 Å². The standard InChI is InChI=1S/C48H72O18/c1-23(2)40(49)56-21-32-34(61-42(51)25(5)6)36(62-43(52)26(7)8)39(65-46(55)29(13)14)48(60-32)66-35-33(22-57-41(50)24(3)4)59-47(58-20-31-18-16-17-30(15)19-31)38(64-45(54)28(11)12)37(35)63-44(53)27(9)10/h16-19,23-29,32-39,47-48H,20-22H2,1-15H3/t32?,33?,34-,35+,36-,37-,38?,39?,47?,48-/m0/s1. The first-order chi connectivity index (χ1) is 30.8. The van der Waals surface area contributed by atoms with Crippen LogP contribution in [-0.4, -0.2) is 116 Å². The van der Waals surface area contributed by atoms with Gasteiger partial charge < -0.3 is 52.1 Å². The second-order valence-corrected chi connectivity index (χ2v) is 18.8. The Balaban J connectivity index is 2.36. The molecule has 0 N–H and O–H groups in total.